The fourth-order valence-corrected chi connectivity index (χ4v) is 2.23. The number of rotatable bonds is 1. The van der Waals surface area contributed by atoms with E-state index in [-0.39, 0.29) is 0 Å². The Kier molecular flexibility index (Phi) is 3.16. The number of nitrogens with one attached hydrogen (secondary N) is 1. The summed E-state index contributed by atoms with van der Waals surface area (Å²) in [5.74, 6) is 1.61. The third kappa shape index (κ3) is 2.48. The molecular formula is C11H22N. The quantitative estimate of drug-likeness (QED) is 0.574. The molecule has 1 nitrogen and oxygen atoms in total. The summed E-state index contributed by atoms with van der Waals surface area (Å²) in [5.41, 5.74) is 7.81. The van der Waals surface area contributed by atoms with Crippen molar-refractivity contribution < 1.29 is 0 Å². The van der Waals surface area contributed by atoms with Crippen LogP contribution in [0.3, 0.4) is 0 Å². The summed E-state index contributed by atoms with van der Waals surface area (Å²) in [7, 11) is 0. The number of hydrogen-bond donors (Lipinski definition) is 0. The minimum Gasteiger partial charge on any atom is -0.258 e. The molecule has 12 heavy (non-hydrogen) atoms. The zero-order valence-corrected chi connectivity index (χ0v) is 8.69. The van der Waals surface area contributed by atoms with Crippen molar-refractivity contribution in [2.45, 2.75) is 46.5 Å². The van der Waals surface area contributed by atoms with E-state index in [2.05, 4.69) is 20.8 Å². The van der Waals surface area contributed by atoms with Crippen molar-refractivity contribution in [1.82, 2.24) is 5.73 Å². The van der Waals surface area contributed by atoms with Crippen LogP contribution in [0.15, 0.2) is 0 Å². The van der Waals surface area contributed by atoms with Gasteiger partial charge in [-0.15, -0.1) is 0 Å². The maximum Gasteiger partial charge on any atom is 0.0128 e. The molecule has 1 rings (SSSR count). The maximum absolute atomic E-state index is 7.32. The van der Waals surface area contributed by atoms with Crippen LogP contribution >= 0.6 is 0 Å². The summed E-state index contributed by atoms with van der Waals surface area (Å²) in [5, 5.41) is 0. The Labute approximate surface area is 76.7 Å². The zero-order valence-electron chi connectivity index (χ0n) is 8.69. The summed E-state index contributed by atoms with van der Waals surface area (Å²) in [6.07, 6.45) is 5.30. The third-order valence-corrected chi connectivity index (χ3v) is 3.36. The minimum absolute atomic E-state index is 0.493. The second-order valence-electron chi connectivity index (χ2n) is 5.29. The first-order chi connectivity index (χ1) is 5.54. The molecule has 0 aromatic rings. The molecule has 1 aliphatic rings. The molecule has 1 heteroatoms. The normalized spacial score (nSPS) is 32.0. The smallest absolute Gasteiger partial charge is 0.0128 e. The average molecular weight is 168 g/mol. The number of hydrogen-bond acceptors (Lipinski definition) is 0. The average Bonchev–Trinajstić information content (AvgIpc) is 2.03. The summed E-state index contributed by atoms with van der Waals surface area (Å²) in [6.45, 7) is 7.69. The summed E-state index contributed by atoms with van der Waals surface area (Å²) in [6, 6.07) is 0. The molecule has 0 aliphatic heterocycles. The first-order valence-corrected chi connectivity index (χ1v) is 5.18. The van der Waals surface area contributed by atoms with Gasteiger partial charge in [-0.25, -0.2) is 0 Å². The molecule has 1 saturated carbocycles. The molecule has 71 valence electrons. The van der Waals surface area contributed by atoms with E-state index in [0.29, 0.717) is 17.9 Å². The Morgan fingerprint density at radius 2 is 1.58 bits per heavy atom. The van der Waals surface area contributed by atoms with Gasteiger partial charge in [-0.2, -0.15) is 0 Å². The SMILES string of the molecule is CC(C)(C)C1CCC(C[NH])CC1. The first kappa shape index (κ1) is 10.0. The molecule has 1 fully saturated rings. The minimum atomic E-state index is 0.493. The molecule has 0 saturated heterocycles. The summed E-state index contributed by atoms with van der Waals surface area (Å²) < 4.78 is 0. The van der Waals surface area contributed by atoms with Gasteiger partial charge in [0.1, 0.15) is 0 Å². The molecule has 0 aromatic heterocycles. The Balaban J connectivity index is 2.36. The van der Waals surface area contributed by atoms with Crippen LogP contribution < -0.4 is 5.73 Å². The van der Waals surface area contributed by atoms with Crippen molar-refractivity contribution in [2.24, 2.45) is 17.3 Å². The van der Waals surface area contributed by atoms with Gasteiger partial charge in [0.25, 0.3) is 0 Å². The molecule has 1 radical (unpaired) electrons. The highest BCUT2D eigenvalue weighted by Gasteiger charge is 2.28. The molecule has 0 bridgehead atoms. The van der Waals surface area contributed by atoms with Crippen LogP contribution in [0, 0.1) is 17.3 Å². The highest BCUT2D eigenvalue weighted by atomic mass is 14.6. The lowest BCUT2D eigenvalue weighted by Crippen LogP contribution is -2.27. The van der Waals surface area contributed by atoms with Crippen molar-refractivity contribution in [3.05, 3.63) is 0 Å². The maximum atomic E-state index is 7.32. The monoisotopic (exact) mass is 168 g/mol. The molecule has 1 N–H and O–H groups in total. The van der Waals surface area contributed by atoms with E-state index in [0.717, 1.165) is 5.92 Å². The molecule has 0 spiro atoms. The van der Waals surface area contributed by atoms with Gasteiger partial charge in [-0.1, -0.05) is 20.8 Å². The fraction of sp³-hybridized carbons (Fsp3) is 1.00. The van der Waals surface area contributed by atoms with Gasteiger partial charge < -0.3 is 0 Å². The van der Waals surface area contributed by atoms with Gasteiger partial charge >= 0.3 is 0 Å². The van der Waals surface area contributed by atoms with Crippen LogP contribution in [0.4, 0.5) is 0 Å². The van der Waals surface area contributed by atoms with Crippen LogP contribution in [0.5, 0.6) is 0 Å². The van der Waals surface area contributed by atoms with Crippen molar-refractivity contribution in [3.63, 3.8) is 0 Å². The topological polar surface area (TPSA) is 23.8 Å². The largest absolute Gasteiger partial charge is 0.258 e. The van der Waals surface area contributed by atoms with Gasteiger partial charge in [0.2, 0.25) is 0 Å². The third-order valence-electron chi connectivity index (χ3n) is 3.36. The molecular weight excluding hydrogens is 146 g/mol. The van der Waals surface area contributed by atoms with Crippen molar-refractivity contribution in [1.29, 1.82) is 0 Å². The van der Waals surface area contributed by atoms with Crippen molar-refractivity contribution >= 4 is 0 Å². The Bertz CT molecular complexity index is 126. The second kappa shape index (κ2) is 3.78. The van der Waals surface area contributed by atoms with Gasteiger partial charge in [0.15, 0.2) is 0 Å². The molecule has 0 atom stereocenters. The van der Waals surface area contributed by atoms with Crippen LogP contribution in [-0.2, 0) is 0 Å². The van der Waals surface area contributed by atoms with E-state index < -0.39 is 0 Å². The van der Waals surface area contributed by atoms with E-state index in [4.69, 9.17) is 5.73 Å². The van der Waals surface area contributed by atoms with Gasteiger partial charge in [0.05, 0.1) is 0 Å². The van der Waals surface area contributed by atoms with Crippen molar-refractivity contribution in [2.75, 3.05) is 6.54 Å². The molecule has 1 aliphatic carbocycles. The molecule has 0 amide bonds. The Morgan fingerprint density at radius 3 is 1.92 bits per heavy atom. The molecule has 0 aromatic carbocycles. The first-order valence-electron chi connectivity index (χ1n) is 5.18. The van der Waals surface area contributed by atoms with E-state index in [1.54, 1.807) is 0 Å². The van der Waals surface area contributed by atoms with Crippen LogP contribution in [0.25, 0.3) is 0 Å². The van der Waals surface area contributed by atoms with E-state index >= 15 is 0 Å². The summed E-state index contributed by atoms with van der Waals surface area (Å²) in [4.78, 5) is 0. The van der Waals surface area contributed by atoms with Crippen LogP contribution in [0.2, 0.25) is 0 Å². The lowest BCUT2D eigenvalue weighted by atomic mass is 9.70. The molecule has 0 heterocycles. The second-order valence-corrected chi connectivity index (χ2v) is 5.29. The molecule has 0 unspecified atom stereocenters. The van der Waals surface area contributed by atoms with Gasteiger partial charge in [-0.05, 0) is 42.9 Å². The predicted octanol–water partition coefficient (Wildman–Crippen LogP) is 3.12. The van der Waals surface area contributed by atoms with E-state index in [9.17, 15) is 0 Å². The van der Waals surface area contributed by atoms with Crippen LogP contribution in [-0.4, -0.2) is 6.54 Å². The highest BCUT2D eigenvalue weighted by molar-refractivity contribution is 4.80. The lowest BCUT2D eigenvalue weighted by molar-refractivity contribution is 0.152. The van der Waals surface area contributed by atoms with Crippen molar-refractivity contribution in [3.8, 4) is 0 Å². The fourth-order valence-electron chi connectivity index (χ4n) is 2.23. The highest BCUT2D eigenvalue weighted by Crippen LogP contribution is 2.39. The van der Waals surface area contributed by atoms with Gasteiger partial charge in [-0.3, -0.25) is 5.73 Å². The van der Waals surface area contributed by atoms with E-state index in [1.165, 1.54) is 25.7 Å². The van der Waals surface area contributed by atoms with Gasteiger partial charge in [0, 0.05) is 6.54 Å². The standard InChI is InChI=1S/C11H22N/c1-11(2,3)10-6-4-9(8-12)5-7-10/h9-10,12H,4-8H2,1-3H3. The Morgan fingerprint density at radius 1 is 1.08 bits per heavy atom. The zero-order chi connectivity index (χ0) is 9.19. The summed E-state index contributed by atoms with van der Waals surface area (Å²) >= 11 is 0. The lowest BCUT2D eigenvalue weighted by Gasteiger charge is -2.36. The predicted molar refractivity (Wildman–Crippen MR) is 52.9 cm³/mol. The Hall–Kier alpha value is -0.0400. The van der Waals surface area contributed by atoms with E-state index in [1.807, 2.05) is 0 Å². The van der Waals surface area contributed by atoms with Crippen LogP contribution in [0.1, 0.15) is 46.5 Å².